The number of hydrogen-bond donors (Lipinski definition) is 0. The summed E-state index contributed by atoms with van der Waals surface area (Å²) in [6.07, 6.45) is 7.33. The van der Waals surface area contributed by atoms with Crippen LogP contribution in [0.5, 0.6) is 5.75 Å². The van der Waals surface area contributed by atoms with E-state index in [1.54, 1.807) is 6.08 Å². The van der Waals surface area contributed by atoms with E-state index in [2.05, 4.69) is 13.5 Å². The van der Waals surface area contributed by atoms with Crippen LogP contribution in [-0.2, 0) is 0 Å². The first kappa shape index (κ1) is 11.8. The lowest BCUT2D eigenvalue weighted by Crippen LogP contribution is -1.99. The minimum absolute atomic E-state index is 0.801. The maximum atomic E-state index is 5.71. The number of allylic oxidation sites excluding steroid dienone is 1. The van der Waals surface area contributed by atoms with E-state index in [1.807, 2.05) is 30.7 Å². The first-order valence-electron chi connectivity index (χ1n) is 5.56. The second-order valence-corrected chi connectivity index (χ2v) is 3.50. The van der Waals surface area contributed by atoms with E-state index in [4.69, 9.17) is 4.74 Å². The van der Waals surface area contributed by atoms with Gasteiger partial charge in [-0.25, -0.2) is 0 Å². The monoisotopic (exact) mass is 203 g/mol. The molecule has 1 radical (unpaired) electrons. The molecule has 15 heavy (non-hydrogen) atoms. The third-order valence-corrected chi connectivity index (χ3v) is 2.22. The van der Waals surface area contributed by atoms with Crippen molar-refractivity contribution in [1.82, 2.24) is 0 Å². The summed E-state index contributed by atoms with van der Waals surface area (Å²) < 4.78 is 5.71. The molecular formula is C14H19O. The molecule has 0 unspecified atom stereocenters. The van der Waals surface area contributed by atoms with Crippen molar-refractivity contribution in [3.05, 3.63) is 48.9 Å². The molecule has 1 rings (SSSR count). The fraction of sp³-hybridized carbons (Fsp3) is 0.357. The molecule has 0 N–H and O–H groups in total. The Balaban J connectivity index is 2.47. The van der Waals surface area contributed by atoms with Crippen LogP contribution in [0.25, 0.3) is 0 Å². The predicted molar refractivity (Wildman–Crippen MR) is 65.1 cm³/mol. The number of para-hydroxylation sites is 1. The summed E-state index contributed by atoms with van der Waals surface area (Å²) in [7, 11) is 0. The molecule has 1 aromatic carbocycles. The highest BCUT2D eigenvalue weighted by Gasteiger charge is 2.00. The Morgan fingerprint density at radius 1 is 1.27 bits per heavy atom. The minimum Gasteiger partial charge on any atom is -0.493 e. The number of benzene rings is 1. The topological polar surface area (TPSA) is 9.23 Å². The second-order valence-electron chi connectivity index (χ2n) is 3.50. The standard InChI is InChI=1S/C14H19O/c1-3-5-8-12-15-14-11-7-6-10-13(14)9-4-2/h4,6-7,9-11H,2-3,5,8,12H2,1H3. The largest absolute Gasteiger partial charge is 0.493 e. The van der Waals surface area contributed by atoms with Crippen LogP contribution in [-0.4, -0.2) is 6.61 Å². The zero-order valence-electron chi connectivity index (χ0n) is 9.41. The molecule has 1 nitrogen and oxygen atoms in total. The van der Waals surface area contributed by atoms with Gasteiger partial charge in [0.05, 0.1) is 6.61 Å². The smallest absolute Gasteiger partial charge is 0.123 e. The van der Waals surface area contributed by atoms with E-state index in [0.29, 0.717) is 0 Å². The summed E-state index contributed by atoms with van der Waals surface area (Å²) >= 11 is 0. The summed E-state index contributed by atoms with van der Waals surface area (Å²) in [5, 5.41) is 0. The maximum absolute atomic E-state index is 5.71. The average molecular weight is 203 g/mol. The van der Waals surface area contributed by atoms with Gasteiger partial charge < -0.3 is 4.74 Å². The van der Waals surface area contributed by atoms with Crippen molar-refractivity contribution in [3.8, 4) is 5.75 Å². The molecule has 0 bridgehead atoms. The lowest BCUT2D eigenvalue weighted by molar-refractivity contribution is 0.305. The first-order chi connectivity index (χ1) is 7.38. The molecule has 0 fully saturated rings. The molecule has 0 amide bonds. The molecule has 0 saturated carbocycles. The summed E-state index contributed by atoms with van der Waals surface area (Å²) in [6.45, 7) is 6.69. The molecule has 0 aliphatic carbocycles. The molecule has 1 aromatic rings. The van der Waals surface area contributed by atoms with Gasteiger partial charge in [0.2, 0.25) is 0 Å². The Bertz CT molecular complexity index is 291. The highest BCUT2D eigenvalue weighted by molar-refractivity contribution is 5.40. The highest BCUT2D eigenvalue weighted by Crippen LogP contribution is 2.20. The van der Waals surface area contributed by atoms with Gasteiger partial charge in [-0.1, -0.05) is 44.0 Å². The van der Waals surface area contributed by atoms with Gasteiger partial charge in [0.25, 0.3) is 0 Å². The first-order valence-corrected chi connectivity index (χ1v) is 5.56. The Hall–Kier alpha value is -1.24. The Morgan fingerprint density at radius 2 is 2.07 bits per heavy atom. The van der Waals surface area contributed by atoms with E-state index in [1.165, 1.54) is 12.8 Å². The Labute approximate surface area is 92.8 Å². The Kier molecular flexibility index (Phi) is 5.60. The van der Waals surface area contributed by atoms with Gasteiger partial charge in [-0.15, -0.1) is 6.58 Å². The SMILES string of the molecule is C=C[CH]c1ccccc1OCCCCC. The molecular weight excluding hydrogens is 184 g/mol. The number of hydrogen-bond acceptors (Lipinski definition) is 1. The van der Waals surface area contributed by atoms with E-state index >= 15 is 0 Å². The highest BCUT2D eigenvalue weighted by atomic mass is 16.5. The van der Waals surface area contributed by atoms with Crippen LogP contribution in [0, 0.1) is 6.42 Å². The number of ether oxygens (including phenoxy) is 1. The molecule has 0 spiro atoms. The van der Waals surface area contributed by atoms with Crippen LogP contribution < -0.4 is 4.74 Å². The van der Waals surface area contributed by atoms with Crippen molar-refractivity contribution in [2.24, 2.45) is 0 Å². The molecule has 0 atom stereocenters. The lowest BCUT2D eigenvalue weighted by atomic mass is 10.1. The zero-order valence-corrected chi connectivity index (χ0v) is 9.41. The Morgan fingerprint density at radius 3 is 2.80 bits per heavy atom. The third-order valence-electron chi connectivity index (χ3n) is 2.22. The molecule has 81 valence electrons. The summed E-state index contributed by atoms with van der Waals surface area (Å²) in [5.41, 5.74) is 1.10. The average Bonchev–Trinajstić information content (AvgIpc) is 2.27. The van der Waals surface area contributed by atoms with Crippen LogP contribution in [0.3, 0.4) is 0 Å². The van der Waals surface area contributed by atoms with Crippen molar-refractivity contribution in [2.45, 2.75) is 26.2 Å². The van der Waals surface area contributed by atoms with Crippen LogP contribution in [0.4, 0.5) is 0 Å². The lowest BCUT2D eigenvalue weighted by Gasteiger charge is -2.09. The normalized spacial score (nSPS) is 9.93. The van der Waals surface area contributed by atoms with Gasteiger partial charge in [-0.3, -0.25) is 0 Å². The maximum Gasteiger partial charge on any atom is 0.123 e. The van der Waals surface area contributed by atoms with E-state index in [0.717, 1.165) is 24.3 Å². The second kappa shape index (κ2) is 7.10. The van der Waals surface area contributed by atoms with Gasteiger partial charge >= 0.3 is 0 Å². The quantitative estimate of drug-likeness (QED) is 0.609. The van der Waals surface area contributed by atoms with Gasteiger partial charge in [0.15, 0.2) is 0 Å². The summed E-state index contributed by atoms with van der Waals surface area (Å²) in [5.74, 6) is 0.952. The van der Waals surface area contributed by atoms with Gasteiger partial charge in [-0.05, 0) is 12.5 Å². The van der Waals surface area contributed by atoms with Crippen molar-refractivity contribution in [3.63, 3.8) is 0 Å². The third kappa shape index (κ3) is 4.20. The summed E-state index contributed by atoms with van der Waals surface area (Å²) in [6, 6.07) is 8.04. The van der Waals surface area contributed by atoms with Crippen LogP contribution in [0.15, 0.2) is 36.9 Å². The number of unbranched alkanes of at least 4 members (excludes halogenated alkanes) is 2. The molecule has 0 aliphatic rings. The molecule has 0 aliphatic heterocycles. The molecule has 0 saturated heterocycles. The minimum atomic E-state index is 0.801. The zero-order chi connectivity index (χ0) is 10.9. The fourth-order valence-corrected chi connectivity index (χ4v) is 1.41. The van der Waals surface area contributed by atoms with Gasteiger partial charge in [0.1, 0.15) is 5.75 Å². The van der Waals surface area contributed by atoms with Crippen molar-refractivity contribution < 1.29 is 4.74 Å². The van der Waals surface area contributed by atoms with E-state index in [9.17, 15) is 0 Å². The van der Waals surface area contributed by atoms with Crippen LogP contribution in [0.2, 0.25) is 0 Å². The molecule has 0 heterocycles. The summed E-state index contributed by atoms with van der Waals surface area (Å²) in [4.78, 5) is 0. The van der Waals surface area contributed by atoms with Crippen molar-refractivity contribution >= 4 is 0 Å². The van der Waals surface area contributed by atoms with Crippen LogP contribution >= 0.6 is 0 Å². The van der Waals surface area contributed by atoms with E-state index in [-0.39, 0.29) is 0 Å². The van der Waals surface area contributed by atoms with Crippen molar-refractivity contribution in [1.29, 1.82) is 0 Å². The molecule has 0 aromatic heterocycles. The fourth-order valence-electron chi connectivity index (χ4n) is 1.41. The number of rotatable bonds is 7. The van der Waals surface area contributed by atoms with Gasteiger partial charge in [-0.2, -0.15) is 0 Å². The van der Waals surface area contributed by atoms with Crippen LogP contribution in [0.1, 0.15) is 31.7 Å². The molecule has 1 heteroatoms. The van der Waals surface area contributed by atoms with Crippen molar-refractivity contribution in [2.75, 3.05) is 6.61 Å². The predicted octanol–water partition coefficient (Wildman–Crippen LogP) is 3.99. The van der Waals surface area contributed by atoms with E-state index < -0.39 is 0 Å². The van der Waals surface area contributed by atoms with Gasteiger partial charge in [0, 0.05) is 12.0 Å².